The molecule has 2 aliphatic heterocycles. The van der Waals surface area contributed by atoms with E-state index in [4.69, 9.17) is 4.74 Å². The monoisotopic (exact) mass is 180 g/mol. The van der Waals surface area contributed by atoms with Crippen LogP contribution in [0.4, 0.5) is 0 Å². The van der Waals surface area contributed by atoms with Crippen LogP contribution in [-0.2, 0) is 4.74 Å². The molecule has 3 rings (SSSR count). The molecule has 1 nitrogen and oxygen atoms in total. The maximum atomic E-state index is 6.30. The fourth-order valence-electron chi connectivity index (χ4n) is 4.06. The van der Waals surface area contributed by atoms with Crippen molar-refractivity contribution in [3.05, 3.63) is 0 Å². The van der Waals surface area contributed by atoms with Crippen molar-refractivity contribution in [3.8, 4) is 0 Å². The van der Waals surface area contributed by atoms with Gasteiger partial charge in [-0.25, -0.2) is 0 Å². The third kappa shape index (κ3) is 1.16. The summed E-state index contributed by atoms with van der Waals surface area (Å²) in [5.41, 5.74) is 0.362. The topological polar surface area (TPSA) is 9.23 Å². The summed E-state index contributed by atoms with van der Waals surface area (Å²) in [6.07, 6.45) is 10.3. The van der Waals surface area contributed by atoms with Crippen LogP contribution in [0.5, 0.6) is 0 Å². The molecule has 0 aromatic heterocycles. The zero-order valence-electron chi connectivity index (χ0n) is 8.59. The lowest BCUT2D eigenvalue weighted by Gasteiger charge is -2.49. The molecule has 3 aliphatic rings. The molecule has 2 bridgehead atoms. The summed E-state index contributed by atoms with van der Waals surface area (Å²) in [7, 11) is 0. The number of hydrogen-bond acceptors (Lipinski definition) is 1. The molecule has 0 aromatic rings. The normalized spacial score (nSPS) is 54.7. The van der Waals surface area contributed by atoms with Crippen LogP contribution in [0.1, 0.15) is 51.9 Å². The van der Waals surface area contributed by atoms with Crippen molar-refractivity contribution in [2.75, 3.05) is 0 Å². The first-order chi connectivity index (χ1) is 6.28. The van der Waals surface area contributed by atoms with Gasteiger partial charge in [-0.05, 0) is 50.4 Å². The van der Waals surface area contributed by atoms with Crippen molar-refractivity contribution < 1.29 is 4.74 Å². The summed E-state index contributed by atoms with van der Waals surface area (Å²) in [5.74, 6) is 1.84. The molecule has 0 amide bonds. The molecule has 3 fully saturated rings. The highest BCUT2D eigenvalue weighted by atomic mass is 16.5. The maximum absolute atomic E-state index is 6.30. The van der Waals surface area contributed by atoms with Crippen molar-refractivity contribution in [1.82, 2.24) is 0 Å². The minimum atomic E-state index is 0.362. The molecule has 2 heterocycles. The van der Waals surface area contributed by atoms with Crippen molar-refractivity contribution in [1.29, 1.82) is 0 Å². The molecule has 1 heteroatoms. The van der Waals surface area contributed by atoms with Crippen LogP contribution in [0.3, 0.4) is 0 Å². The van der Waals surface area contributed by atoms with Gasteiger partial charge in [0, 0.05) is 0 Å². The van der Waals surface area contributed by atoms with Crippen LogP contribution in [-0.4, -0.2) is 11.7 Å². The predicted molar refractivity (Wildman–Crippen MR) is 52.6 cm³/mol. The molecule has 1 aliphatic carbocycles. The van der Waals surface area contributed by atoms with Crippen molar-refractivity contribution in [2.24, 2.45) is 11.8 Å². The van der Waals surface area contributed by atoms with E-state index >= 15 is 0 Å². The van der Waals surface area contributed by atoms with Crippen LogP contribution in [0.25, 0.3) is 0 Å². The van der Waals surface area contributed by atoms with Gasteiger partial charge in [-0.2, -0.15) is 0 Å². The Hall–Kier alpha value is -0.0400. The van der Waals surface area contributed by atoms with E-state index in [0.717, 1.165) is 11.8 Å². The molecule has 0 N–H and O–H groups in total. The summed E-state index contributed by atoms with van der Waals surface area (Å²) < 4.78 is 6.30. The molecule has 0 aromatic carbocycles. The highest BCUT2D eigenvalue weighted by molar-refractivity contribution is 5.01. The van der Waals surface area contributed by atoms with Crippen molar-refractivity contribution in [2.45, 2.75) is 63.6 Å². The second-order valence-corrected chi connectivity index (χ2v) is 5.52. The molecular formula is C12H20O. The lowest BCUT2D eigenvalue weighted by atomic mass is 9.72. The number of rotatable bonds is 0. The van der Waals surface area contributed by atoms with Gasteiger partial charge in [0.25, 0.3) is 0 Å². The van der Waals surface area contributed by atoms with Crippen LogP contribution in [0.2, 0.25) is 0 Å². The lowest BCUT2D eigenvalue weighted by molar-refractivity contribution is -0.191. The summed E-state index contributed by atoms with van der Waals surface area (Å²) in [6, 6.07) is 0. The molecule has 13 heavy (non-hydrogen) atoms. The molecule has 1 spiro atoms. The third-order valence-corrected chi connectivity index (χ3v) is 4.49. The number of ether oxygens (including phenoxy) is 1. The van der Waals surface area contributed by atoms with Gasteiger partial charge in [0.05, 0.1) is 11.7 Å². The SMILES string of the molecule is CC1C[C@@H]2CC[C@H]3CCC[C@@]3(C1)O2. The van der Waals surface area contributed by atoms with Gasteiger partial charge in [0.1, 0.15) is 0 Å². The van der Waals surface area contributed by atoms with E-state index in [1.165, 1.54) is 44.9 Å². The smallest absolute Gasteiger partial charge is 0.0716 e. The van der Waals surface area contributed by atoms with Crippen LogP contribution in [0.15, 0.2) is 0 Å². The Labute approximate surface area is 80.8 Å². The first-order valence-corrected chi connectivity index (χ1v) is 5.96. The first kappa shape index (κ1) is 8.28. The van der Waals surface area contributed by atoms with Crippen molar-refractivity contribution >= 4 is 0 Å². The Morgan fingerprint density at radius 1 is 1.23 bits per heavy atom. The Morgan fingerprint density at radius 2 is 2.15 bits per heavy atom. The number of fused-ring (bicyclic) bond motifs is 1. The van der Waals surface area contributed by atoms with Crippen LogP contribution < -0.4 is 0 Å². The van der Waals surface area contributed by atoms with E-state index in [0.29, 0.717) is 11.7 Å². The highest BCUT2D eigenvalue weighted by Gasteiger charge is 2.51. The van der Waals surface area contributed by atoms with Gasteiger partial charge in [-0.1, -0.05) is 13.3 Å². The summed E-state index contributed by atoms with van der Waals surface area (Å²) >= 11 is 0. The zero-order valence-corrected chi connectivity index (χ0v) is 8.59. The first-order valence-electron chi connectivity index (χ1n) is 5.96. The van der Waals surface area contributed by atoms with E-state index in [-0.39, 0.29) is 0 Å². The minimum Gasteiger partial charge on any atom is -0.371 e. The summed E-state index contributed by atoms with van der Waals surface area (Å²) in [4.78, 5) is 0. The van der Waals surface area contributed by atoms with Gasteiger partial charge in [0.15, 0.2) is 0 Å². The van der Waals surface area contributed by atoms with Crippen LogP contribution in [0, 0.1) is 11.8 Å². The second kappa shape index (κ2) is 2.73. The van der Waals surface area contributed by atoms with Gasteiger partial charge < -0.3 is 4.74 Å². The van der Waals surface area contributed by atoms with Crippen LogP contribution >= 0.6 is 0 Å². The fourth-order valence-corrected chi connectivity index (χ4v) is 4.06. The van der Waals surface area contributed by atoms with Crippen molar-refractivity contribution in [3.63, 3.8) is 0 Å². The molecule has 2 saturated heterocycles. The molecule has 1 unspecified atom stereocenters. The van der Waals surface area contributed by atoms with E-state index in [9.17, 15) is 0 Å². The van der Waals surface area contributed by atoms with E-state index in [1.807, 2.05) is 0 Å². The quantitative estimate of drug-likeness (QED) is 0.556. The highest BCUT2D eigenvalue weighted by Crippen LogP contribution is 2.53. The van der Waals surface area contributed by atoms with E-state index in [2.05, 4.69) is 6.92 Å². The standard InChI is InChI=1S/C12H20O/c1-9-7-11-5-4-10-3-2-6-12(10,8-9)13-11/h9-11H,2-8H2,1H3/t9?,10-,11+,12+/m1/s1. The number of hydrogen-bond donors (Lipinski definition) is 0. The zero-order chi connectivity index (χ0) is 8.89. The average molecular weight is 180 g/mol. The molecule has 4 atom stereocenters. The van der Waals surface area contributed by atoms with E-state index in [1.54, 1.807) is 0 Å². The molecule has 74 valence electrons. The Morgan fingerprint density at radius 3 is 3.08 bits per heavy atom. The fraction of sp³-hybridized carbons (Fsp3) is 1.00. The molecular weight excluding hydrogens is 160 g/mol. The average Bonchev–Trinajstić information content (AvgIpc) is 2.44. The minimum absolute atomic E-state index is 0.362. The molecule has 0 radical (unpaired) electrons. The second-order valence-electron chi connectivity index (χ2n) is 5.52. The van der Waals surface area contributed by atoms with Gasteiger partial charge in [-0.3, -0.25) is 0 Å². The van der Waals surface area contributed by atoms with E-state index < -0.39 is 0 Å². The predicted octanol–water partition coefficient (Wildman–Crippen LogP) is 3.13. The largest absolute Gasteiger partial charge is 0.371 e. The van der Waals surface area contributed by atoms with Gasteiger partial charge >= 0.3 is 0 Å². The maximum Gasteiger partial charge on any atom is 0.0716 e. The van der Waals surface area contributed by atoms with Gasteiger partial charge in [0.2, 0.25) is 0 Å². The van der Waals surface area contributed by atoms with Gasteiger partial charge in [-0.15, -0.1) is 0 Å². The molecule has 1 saturated carbocycles. The summed E-state index contributed by atoms with van der Waals surface area (Å²) in [5, 5.41) is 0. The summed E-state index contributed by atoms with van der Waals surface area (Å²) in [6.45, 7) is 2.41. The lowest BCUT2D eigenvalue weighted by Crippen LogP contribution is -2.49. The third-order valence-electron chi connectivity index (χ3n) is 4.49. The Bertz CT molecular complexity index is 209. The Kier molecular flexibility index (Phi) is 1.74. The Balaban J connectivity index is 1.89.